The van der Waals surface area contributed by atoms with Gasteiger partial charge in [-0.3, -0.25) is 14.6 Å². The number of aliphatic carboxylic acids is 1. The predicted molar refractivity (Wildman–Crippen MR) is 484 cm³/mol. The fourth-order valence-electron chi connectivity index (χ4n) is 15.6. The van der Waals surface area contributed by atoms with Gasteiger partial charge >= 0.3 is 24.2 Å². The first-order valence-corrected chi connectivity index (χ1v) is 44.5. The first-order chi connectivity index (χ1) is 61.4. The normalized spacial score (nSPS) is 19.0. The van der Waals surface area contributed by atoms with Crippen LogP contribution >= 0.6 is 0 Å². The number of aromatic nitrogens is 15. The van der Waals surface area contributed by atoms with Crippen molar-refractivity contribution in [2.75, 3.05) is 157 Å². The van der Waals surface area contributed by atoms with Gasteiger partial charge in [-0.05, 0) is 98.7 Å². The number of sulfone groups is 2. The summed E-state index contributed by atoms with van der Waals surface area (Å²) < 4.78 is 177. The fraction of sp³-hybridized carbons (Fsp3) is 0.471. The number of aromatic hydroxyl groups is 1. The highest BCUT2D eigenvalue weighted by Gasteiger charge is 2.65. The molecule has 48 heteroatoms. The largest absolute Gasteiger partial charge is 0.505 e. The summed E-state index contributed by atoms with van der Waals surface area (Å²) in [6.45, 7) is 20.1. The molecule has 9 aromatic heterocycles. The van der Waals surface area contributed by atoms with Gasteiger partial charge in [-0.2, -0.15) is 19.9 Å². The first-order valence-electron chi connectivity index (χ1n) is 40.7. The molecule has 13 N–H and O–H groups in total. The number of halogens is 6. The molecule has 6 fully saturated rings. The van der Waals surface area contributed by atoms with Crippen LogP contribution in [0.25, 0.3) is 65.8 Å². The summed E-state index contributed by atoms with van der Waals surface area (Å²) in [4.78, 5) is 99.6. The Labute approximate surface area is 760 Å². The minimum atomic E-state index is -4.02. The van der Waals surface area contributed by atoms with E-state index in [0.29, 0.717) is 123 Å². The predicted octanol–water partition coefficient (Wildman–Crippen LogP) is 10.3. The Bertz CT molecular complexity index is 6530. The lowest BCUT2D eigenvalue weighted by molar-refractivity contribution is -0.163. The number of rotatable bonds is 14. The van der Waals surface area contributed by atoms with Crippen molar-refractivity contribution >= 4 is 132 Å². The van der Waals surface area contributed by atoms with E-state index in [0.717, 1.165) is 36.5 Å². The Morgan fingerprint density at radius 3 is 1.22 bits per heavy atom. The highest BCUT2D eigenvalue weighted by Crippen LogP contribution is 2.53. The van der Waals surface area contributed by atoms with Crippen LogP contribution in [0.4, 0.5) is 64.6 Å². The number of carbonyl (C=O) groups excluding carboxylic acids is 2. The van der Waals surface area contributed by atoms with Crippen LogP contribution in [0.3, 0.4) is 0 Å². The van der Waals surface area contributed by atoms with E-state index in [1.807, 2.05) is 4.90 Å². The van der Waals surface area contributed by atoms with E-state index in [-0.39, 0.29) is 137 Å². The van der Waals surface area contributed by atoms with Gasteiger partial charge in [0.25, 0.3) is 5.97 Å². The van der Waals surface area contributed by atoms with Gasteiger partial charge in [0.05, 0.1) is 156 Å². The van der Waals surface area contributed by atoms with E-state index in [4.69, 9.17) is 65.4 Å². The highest BCUT2D eigenvalue weighted by molar-refractivity contribution is 7.91. The van der Waals surface area contributed by atoms with Gasteiger partial charge < -0.3 is 96.0 Å². The molecule has 3 spiro atoms. The molecule has 12 aromatic rings. The SMILES string of the molecule is C.C.CC(=O)O.CN(C(=O)OC(C)(C)C)c1cc(F)cc2c1[nH]c1nc(S(C)(=O)=O)nc(S(C)(=O)=O)c12.CNc1cc(F)cc2c1[nH]c1nc(Oc3cnc(C)nc3)nc(N3CC(F)(CN)C4(COC4)C3)c12.Cc1ncc(O)cn1.Cc1ncc(Oc2nc(N3CC(F)(CN)C4(COC4)C3)c3c(n2)[nH]c2c(N(C)C(=O)OC(C)(C)C)cc(F)cc23)cn1.NCC1(F)CNCC12COC2. The van der Waals surface area contributed by atoms with Gasteiger partial charge in [-0.1, -0.05) is 14.9 Å². The maximum atomic E-state index is 16.2. The lowest BCUT2D eigenvalue weighted by atomic mass is 9.74. The monoisotopic (exact) mass is 1900 g/mol. The Morgan fingerprint density at radius 2 is 0.887 bits per heavy atom. The molecule has 0 bridgehead atoms. The van der Waals surface area contributed by atoms with E-state index in [1.165, 1.54) is 80.4 Å². The molecule has 3 atom stereocenters. The van der Waals surface area contributed by atoms with E-state index >= 15 is 13.2 Å². The van der Waals surface area contributed by atoms with Crippen molar-refractivity contribution in [2.24, 2.45) is 33.4 Å². The zero-order valence-electron chi connectivity index (χ0n) is 74.1. The maximum absolute atomic E-state index is 16.2. The molecular weight excluding hydrogens is 1790 g/mol. The lowest BCUT2D eigenvalue weighted by Gasteiger charge is -2.45. The number of aryl methyl sites for hydroxylation is 3. The van der Waals surface area contributed by atoms with Crippen molar-refractivity contribution < 1.29 is 101 Å². The van der Waals surface area contributed by atoms with Crippen LogP contribution < -0.4 is 56.9 Å². The number of H-pyrrole nitrogens is 3. The molecule has 0 aliphatic carbocycles. The van der Waals surface area contributed by atoms with Crippen LogP contribution in [-0.4, -0.2) is 280 Å². The zero-order chi connectivity index (χ0) is 95.4. The molecule has 6 aliphatic heterocycles. The third kappa shape index (κ3) is 20.8. The van der Waals surface area contributed by atoms with Crippen LogP contribution in [-0.2, 0) is 48.2 Å². The van der Waals surface area contributed by atoms with Crippen LogP contribution in [0, 0.1) is 54.5 Å². The van der Waals surface area contributed by atoms with E-state index < -0.39 is 105 Å². The summed E-state index contributed by atoms with van der Waals surface area (Å²) in [6, 6.07) is 7.46. The van der Waals surface area contributed by atoms with Gasteiger partial charge in [0, 0.05) is 103 Å². The molecule has 0 saturated carbocycles. The van der Waals surface area contributed by atoms with Gasteiger partial charge in [0.15, 0.2) is 43.4 Å². The number of nitrogens with two attached hydrogens (primary N) is 3. The number of benzene rings is 3. The van der Waals surface area contributed by atoms with Crippen LogP contribution in [0.2, 0.25) is 0 Å². The summed E-state index contributed by atoms with van der Waals surface area (Å²) >= 11 is 0. The molecule has 2 amide bonds. The van der Waals surface area contributed by atoms with Crippen LogP contribution in [0.5, 0.6) is 29.3 Å². The summed E-state index contributed by atoms with van der Waals surface area (Å²) in [5.74, 6) is 0.728. The summed E-state index contributed by atoms with van der Waals surface area (Å²) in [7, 11) is -3.41. The Morgan fingerprint density at radius 1 is 0.526 bits per heavy atom. The van der Waals surface area contributed by atoms with E-state index in [9.17, 15) is 39.6 Å². The third-order valence-electron chi connectivity index (χ3n) is 22.5. The van der Waals surface area contributed by atoms with Gasteiger partial charge in [0.1, 0.15) is 80.4 Å². The molecule has 718 valence electrons. The lowest BCUT2D eigenvalue weighted by Crippen LogP contribution is -2.60. The molecule has 133 heavy (non-hydrogen) atoms. The summed E-state index contributed by atoms with van der Waals surface area (Å²) in [6.07, 6.45) is 8.99. The average Bonchev–Trinajstić information content (AvgIpc) is 1.56. The summed E-state index contributed by atoms with van der Waals surface area (Å²) in [5.41, 5.74) is 11.8. The van der Waals surface area contributed by atoms with Crippen LogP contribution in [0.1, 0.15) is 80.8 Å². The first kappa shape index (κ1) is 101. The number of aromatic amines is 3. The second kappa shape index (κ2) is 38.3. The smallest absolute Gasteiger partial charge is 0.414 e. The quantitative estimate of drug-likeness (QED) is 0.0275. The second-order valence-corrected chi connectivity index (χ2v) is 38.6. The van der Waals surface area contributed by atoms with Crippen molar-refractivity contribution in [3.05, 3.63) is 109 Å². The van der Waals surface area contributed by atoms with Crippen molar-refractivity contribution in [1.29, 1.82) is 0 Å². The van der Waals surface area contributed by atoms with Gasteiger partial charge in [-0.25, -0.2) is 92.6 Å². The maximum Gasteiger partial charge on any atom is 0.414 e. The molecule has 40 nitrogen and oxygen atoms in total. The number of fused-ring (bicyclic) bond motifs is 9. The Kier molecular flexibility index (Phi) is 29.1. The molecule has 0 radical (unpaired) electrons. The minimum absolute atomic E-state index is 0. The van der Waals surface area contributed by atoms with Gasteiger partial charge in [0.2, 0.25) is 15.0 Å². The average molecular weight is 1900 g/mol. The minimum Gasteiger partial charge on any atom is -0.505 e. The number of nitrogens with zero attached hydrogens (tertiary/aromatic N) is 16. The number of alkyl halides is 3. The van der Waals surface area contributed by atoms with Crippen molar-refractivity contribution in [3.63, 3.8) is 0 Å². The van der Waals surface area contributed by atoms with Crippen molar-refractivity contribution in [1.82, 2.24) is 80.1 Å². The summed E-state index contributed by atoms with van der Waals surface area (Å²) in [5, 5.41) is 22.8. The van der Waals surface area contributed by atoms with Crippen molar-refractivity contribution in [3.8, 4) is 29.3 Å². The molecule has 15 heterocycles. The molecule has 6 aliphatic rings. The highest BCUT2D eigenvalue weighted by atomic mass is 32.2. The number of carboxylic acids is 1. The molecular formula is C85H108F6N24O16S2. The number of carbonyl (C=O) groups is 3. The third-order valence-corrected chi connectivity index (χ3v) is 24.4. The standard InChI is InChI=1S/C28H32F2N8O4.C23H24F2N8O2.C18H21FN4O6S2.C7H13FN2O.C5H6N2O.C2H4O2.2CH4/c1-15-32-8-17(9-33-15)41-24-35-22-20(23(36-24)38-11-27(13-40-14-27)28(30,10-31)12-38)18-6-16(29)7-19(21(18)34-22)37(5)25(39)42-26(2,3)4;1-12-28-5-14(6-29-12)35-21-31-19-17(15-3-13(24)4-16(27-2)18(15)30-19)20(32-21)33-8-22(10-34-11-22)23(25,7-26)9-33;1-18(2,3)29-17(24)23(4)11-8-9(19)7-10-12-14(20-13(10)11)21-16(31(6,27)28)22-15(12)30(5,25)26;8-7(1-9)3-10-2-6(7)4-11-5-6;1-4-6-2-5(8)3-7-4;1-2(3)4;;/h6-9H,10-14,31H2,1-5H3,(H,34,35,36);3-6,27H,7-11,26H2,1-2H3,(H,30,31,32);7-8H,1-6H3,(H,20,21,22);10H,1-5,9H2;2-3,8H,1H3;1H3,(H,3,4);2*1H4. The second-order valence-electron chi connectivity index (χ2n) is 34.7. The number of anilines is 5. The number of hydrogen-bond donors (Lipinski definition) is 10. The molecule has 3 unspecified atom stereocenters. The van der Waals surface area contributed by atoms with E-state index in [2.05, 4.69) is 85.4 Å². The van der Waals surface area contributed by atoms with Crippen LogP contribution in [0.15, 0.2) is 83.8 Å². The number of hydrogen-bond acceptors (Lipinski definition) is 34. The topological polar surface area (TPSA) is 542 Å². The number of amides is 2. The number of nitrogens with one attached hydrogen (secondary N) is 5. The van der Waals surface area contributed by atoms with E-state index in [1.54, 1.807) is 74.3 Å². The van der Waals surface area contributed by atoms with Crippen molar-refractivity contribution in [2.45, 2.75) is 122 Å². The fourth-order valence-corrected chi connectivity index (χ4v) is 17.0. The molecule has 3 aromatic carbocycles. The number of ether oxygens (including phenoxy) is 7. The zero-order valence-corrected chi connectivity index (χ0v) is 75.7. The number of carboxylic acid groups (broad SMARTS) is 1. The van der Waals surface area contributed by atoms with Gasteiger partial charge in [-0.15, -0.1) is 0 Å². The Hall–Kier alpha value is -12.5. The molecule has 18 rings (SSSR count). The Balaban J connectivity index is 0.000000171. The molecule has 6 saturated heterocycles.